The number of halogens is 1. The molecule has 0 spiro atoms. The van der Waals surface area contributed by atoms with Gasteiger partial charge >= 0.3 is 6.09 Å². The molecule has 3 aromatic rings. The molecule has 3 N–H and O–H groups in total. The summed E-state index contributed by atoms with van der Waals surface area (Å²) in [7, 11) is 1.72. The maximum absolute atomic E-state index is 11.7. The Bertz CT molecular complexity index is 1060. The third-order valence-corrected chi connectivity index (χ3v) is 4.67. The van der Waals surface area contributed by atoms with E-state index in [1.54, 1.807) is 7.05 Å². The molecule has 2 aromatic carbocycles. The fourth-order valence-corrected chi connectivity index (χ4v) is 3.16. The van der Waals surface area contributed by atoms with Gasteiger partial charge in [-0.3, -0.25) is 4.99 Å². The Labute approximate surface area is 212 Å². The normalized spacial score (nSPS) is 11.6. The number of nitrogens with zero attached hydrogens (tertiary/aromatic N) is 3. The van der Waals surface area contributed by atoms with Gasteiger partial charge in [0.05, 0.1) is 17.4 Å². The zero-order valence-corrected chi connectivity index (χ0v) is 21.9. The molecule has 0 bridgehead atoms. The Morgan fingerprint density at radius 2 is 1.67 bits per heavy atom. The van der Waals surface area contributed by atoms with Crippen molar-refractivity contribution in [2.75, 3.05) is 20.1 Å². The van der Waals surface area contributed by atoms with E-state index in [-0.39, 0.29) is 24.0 Å². The molecule has 8 nitrogen and oxygen atoms in total. The van der Waals surface area contributed by atoms with Crippen LogP contribution in [0.1, 0.15) is 31.9 Å². The van der Waals surface area contributed by atoms with Gasteiger partial charge in [0.15, 0.2) is 5.96 Å². The highest BCUT2D eigenvalue weighted by molar-refractivity contribution is 14.0. The van der Waals surface area contributed by atoms with Crippen LogP contribution < -0.4 is 16.0 Å². The predicted molar refractivity (Wildman–Crippen MR) is 143 cm³/mol. The van der Waals surface area contributed by atoms with Crippen molar-refractivity contribution in [1.29, 1.82) is 0 Å². The molecular weight excluding hydrogens is 531 g/mol. The van der Waals surface area contributed by atoms with E-state index >= 15 is 0 Å². The summed E-state index contributed by atoms with van der Waals surface area (Å²) in [5.74, 6) is 0.671. The molecule has 0 atom stereocenters. The van der Waals surface area contributed by atoms with Crippen LogP contribution in [0.4, 0.5) is 4.79 Å². The SMILES string of the molecule is CN=C(NCCNC(=O)OC(C)(C)C)NCc1ccc(Cn2cnc3ccccc32)cc1.I. The number of para-hydroxylation sites is 2. The summed E-state index contributed by atoms with van der Waals surface area (Å²) in [6, 6.07) is 16.6. The minimum Gasteiger partial charge on any atom is -0.444 e. The lowest BCUT2D eigenvalue weighted by Crippen LogP contribution is -2.42. The first-order valence-corrected chi connectivity index (χ1v) is 10.7. The second-order valence-electron chi connectivity index (χ2n) is 8.46. The van der Waals surface area contributed by atoms with Crippen molar-refractivity contribution in [3.05, 3.63) is 66.0 Å². The van der Waals surface area contributed by atoms with Crippen LogP contribution in [0.5, 0.6) is 0 Å². The summed E-state index contributed by atoms with van der Waals surface area (Å²) in [5.41, 5.74) is 4.01. The molecule has 1 aromatic heterocycles. The second-order valence-corrected chi connectivity index (χ2v) is 8.46. The van der Waals surface area contributed by atoms with E-state index in [9.17, 15) is 4.79 Å². The summed E-state index contributed by atoms with van der Waals surface area (Å²) in [6.45, 7) is 7.91. The Balaban J connectivity index is 0.00000385. The first kappa shape index (κ1) is 26.4. The second kappa shape index (κ2) is 12.4. The Morgan fingerprint density at radius 3 is 2.36 bits per heavy atom. The van der Waals surface area contributed by atoms with Crippen LogP contribution in [0.15, 0.2) is 59.9 Å². The number of rotatable bonds is 7. The summed E-state index contributed by atoms with van der Waals surface area (Å²) in [6.07, 6.45) is 1.46. The van der Waals surface area contributed by atoms with Crippen molar-refractivity contribution in [1.82, 2.24) is 25.5 Å². The van der Waals surface area contributed by atoms with Gasteiger partial charge in [0, 0.05) is 33.2 Å². The van der Waals surface area contributed by atoms with Gasteiger partial charge in [-0.15, -0.1) is 24.0 Å². The average Bonchev–Trinajstić information content (AvgIpc) is 3.16. The molecule has 0 unspecified atom stereocenters. The molecule has 1 amide bonds. The number of carbonyl (C=O) groups is 1. The lowest BCUT2D eigenvalue weighted by atomic mass is 10.1. The van der Waals surface area contributed by atoms with E-state index in [1.807, 2.05) is 45.3 Å². The zero-order chi connectivity index (χ0) is 23.0. The highest BCUT2D eigenvalue weighted by Crippen LogP contribution is 2.14. The van der Waals surface area contributed by atoms with Crippen molar-refractivity contribution in [2.24, 2.45) is 4.99 Å². The van der Waals surface area contributed by atoms with E-state index in [4.69, 9.17) is 4.74 Å². The van der Waals surface area contributed by atoms with Crippen LogP contribution in [-0.4, -0.2) is 47.3 Å². The van der Waals surface area contributed by atoms with Crippen LogP contribution >= 0.6 is 24.0 Å². The monoisotopic (exact) mass is 564 g/mol. The highest BCUT2D eigenvalue weighted by Gasteiger charge is 2.15. The van der Waals surface area contributed by atoms with Crippen LogP contribution in [0, 0.1) is 0 Å². The van der Waals surface area contributed by atoms with Gasteiger partial charge in [-0.2, -0.15) is 0 Å². The lowest BCUT2D eigenvalue weighted by molar-refractivity contribution is 0.0529. The molecule has 1 heterocycles. The first-order valence-electron chi connectivity index (χ1n) is 10.7. The maximum atomic E-state index is 11.7. The minimum absolute atomic E-state index is 0. The number of alkyl carbamates (subject to hydrolysis) is 1. The van der Waals surface area contributed by atoms with Gasteiger partial charge in [-0.05, 0) is 44.0 Å². The van der Waals surface area contributed by atoms with Gasteiger partial charge < -0.3 is 25.3 Å². The number of guanidine groups is 1. The highest BCUT2D eigenvalue weighted by atomic mass is 127. The molecule has 9 heteroatoms. The van der Waals surface area contributed by atoms with Gasteiger partial charge in [0.1, 0.15) is 5.60 Å². The predicted octanol–water partition coefficient (Wildman–Crippen LogP) is 3.89. The lowest BCUT2D eigenvalue weighted by Gasteiger charge is -2.20. The third kappa shape index (κ3) is 8.56. The summed E-state index contributed by atoms with van der Waals surface area (Å²) in [4.78, 5) is 20.3. The number of fused-ring (bicyclic) bond motifs is 1. The number of nitrogens with one attached hydrogen (secondary N) is 3. The van der Waals surface area contributed by atoms with Crippen LogP contribution in [-0.2, 0) is 17.8 Å². The minimum atomic E-state index is -0.503. The molecule has 0 radical (unpaired) electrons. The van der Waals surface area contributed by atoms with E-state index in [2.05, 4.69) is 60.8 Å². The van der Waals surface area contributed by atoms with Gasteiger partial charge in [-0.25, -0.2) is 9.78 Å². The zero-order valence-electron chi connectivity index (χ0n) is 19.6. The van der Waals surface area contributed by atoms with E-state index in [1.165, 1.54) is 5.56 Å². The van der Waals surface area contributed by atoms with Crippen LogP contribution in [0.3, 0.4) is 0 Å². The topological polar surface area (TPSA) is 92.6 Å². The Morgan fingerprint density at radius 1 is 1.00 bits per heavy atom. The third-order valence-electron chi connectivity index (χ3n) is 4.67. The number of imidazole rings is 1. The van der Waals surface area contributed by atoms with Gasteiger partial charge in [0.25, 0.3) is 0 Å². The summed E-state index contributed by atoms with van der Waals surface area (Å²) >= 11 is 0. The molecule has 33 heavy (non-hydrogen) atoms. The summed E-state index contributed by atoms with van der Waals surface area (Å²) < 4.78 is 7.36. The van der Waals surface area contributed by atoms with Crippen molar-refractivity contribution in [2.45, 2.75) is 39.5 Å². The largest absolute Gasteiger partial charge is 0.444 e. The number of aromatic nitrogens is 2. The number of amides is 1. The van der Waals surface area contributed by atoms with E-state index in [0.29, 0.717) is 25.6 Å². The van der Waals surface area contributed by atoms with E-state index < -0.39 is 11.7 Å². The van der Waals surface area contributed by atoms with Crippen LogP contribution in [0.25, 0.3) is 11.0 Å². The number of ether oxygens (including phenoxy) is 1. The Kier molecular flexibility index (Phi) is 9.95. The standard InChI is InChI=1S/C24H32N6O2.HI/c1-24(2,3)32-23(31)27-14-13-26-22(25-4)28-15-18-9-11-19(12-10-18)16-30-17-29-20-7-5-6-8-21(20)30;/h5-12,17H,13-16H2,1-4H3,(H,27,31)(H2,25,26,28);1H. The molecule has 0 fully saturated rings. The average molecular weight is 564 g/mol. The smallest absolute Gasteiger partial charge is 0.407 e. The van der Waals surface area contributed by atoms with Crippen molar-refractivity contribution < 1.29 is 9.53 Å². The number of hydrogen-bond donors (Lipinski definition) is 3. The Hall–Kier alpha value is -2.82. The maximum Gasteiger partial charge on any atom is 0.407 e. The molecule has 3 rings (SSSR count). The number of hydrogen-bond acceptors (Lipinski definition) is 4. The van der Waals surface area contributed by atoms with E-state index in [0.717, 1.165) is 23.1 Å². The molecule has 178 valence electrons. The van der Waals surface area contributed by atoms with Gasteiger partial charge in [-0.1, -0.05) is 36.4 Å². The molecule has 0 aliphatic carbocycles. The summed E-state index contributed by atoms with van der Waals surface area (Å²) in [5, 5.41) is 9.17. The fraction of sp³-hybridized carbons (Fsp3) is 0.375. The number of aliphatic imine (C=N–C) groups is 1. The molecule has 0 aliphatic rings. The number of carbonyl (C=O) groups excluding carboxylic acids is 1. The van der Waals surface area contributed by atoms with Crippen molar-refractivity contribution >= 4 is 47.1 Å². The quantitative estimate of drug-likeness (QED) is 0.175. The van der Waals surface area contributed by atoms with Crippen LogP contribution in [0.2, 0.25) is 0 Å². The van der Waals surface area contributed by atoms with Crippen molar-refractivity contribution in [3.8, 4) is 0 Å². The molecule has 0 saturated carbocycles. The molecular formula is C24H33IN6O2. The number of benzene rings is 2. The first-order chi connectivity index (χ1) is 15.3. The molecule has 0 aliphatic heterocycles. The molecule has 0 saturated heterocycles. The van der Waals surface area contributed by atoms with Gasteiger partial charge in [0.2, 0.25) is 0 Å². The fourth-order valence-electron chi connectivity index (χ4n) is 3.16. The van der Waals surface area contributed by atoms with Crippen molar-refractivity contribution in [3.63, 3.8) is 0 Å².